The Morgan fingerprint density at radius 3 is 2.60 bits per heavy atom. The Kier molecular flexibility index (Phi) is 5.42. The summed E-state index contributed by atoms with van der Waals surface area (Å²) in [5.41, 5.74) is 0. The van der Waals surface area contributed by atoms with Crippen molar-refractivity contribution >= 4 is 0 Å². The maximum absolute atomic E-state index is 2.52. The first-order valence-corrected chi connectivity index (χ1v) is 6.81. The van der Waals surface area contributed by atoms with E-state index in [1.807, 2.05) is 0 Å². The van der Waals surface area contributed by atoms with Crippen molar-refractivity contribution in [3.63, 3.8) is 0 Å². The van der Waals surface area contributed by atoms with Crippen molar-refractivity contribution in [2.24, 2.45) is 23.7 Å². The van der Waals surface area contributed by atoms with Crippen molar-refractivity contribution in [1.82, 2.24) is 0 Å². The summed E-state index contributed by atoms with van der Waals surface area (Å²) in [6.45, 7) is 9.45. The van der Waals surface area contributed by atoms with Crippen molar-refractivity contribution in [2.75, 3.05) is 0 Å². The van der Waals surface area contributed by atoms with Gasteiger partial charge in [-0.25, -0.2) is 0 Å². The third-order valence-electron chi connectivity index (χ3n) is 3.91. The molecule has 1 fully saturated rings. The zero-order chi connectivity index (χ0) is 11.3. The monoisotopic (exact) mass is 208 g/mol. The molecule has 15 heavy (non-hydrogen) atoms. The molecule has 0 heteroatoms. The lowest BCUT2D eigenvalue weighted by molar-refractivity contribution is 0.178. The van der Waals surface area contributed by atoms with Gasteiger partial charge in [-0.15, -0.1) is 0 Å². The summed E-state index contributed by atoms with van der Waals surface area (Å²) in [5.74, 6) is 3.60. The van der Waals surface area contributed by atoms with E-state index >= 15 is 0 Å². The third kappa shape index (κ3) is 4.01. The minimum atomic E-state index is 0.855. The van der Waals surface area contributed by atoms with E-state index in [4.69, 9.17) is 0 Å². The van der Waals surface area contributed by atoms with Crippen LogP contribution in [0, 0.1) is 23.7 Å². The van der Waals surface area contributed by atoms with Crippen LogP contribution in [0.4, 0.5) is 0 Å². The normalized spacial score (nSPS) is 32.7. The molecule has 0 saturated heterocycles. The zero-order valence-electron chi connectivity index (χ0n) is 11.0. The second-order valence-corrected chi connectivity index (χ2v) is 5.71. The van der Waals surface area contributed by atoms with Gasteiger partial charge in [-0.05, 0) is 42.9 Å². The highest BCUT2D eigenvalue weighted by molar-refractivity contribution is 4.95. The quantitative estimate of drug-likeness (QED) is 0.567. The lowest BCUT2D eigenvalue weighted by Crippen LogP contribution is -2.26. The minimum Gasteiger partial charge on any atom is -0.0883 e. The van der Waals surface area contributed by atoms with Crippen LogP contribution in [0.25, 0.3) is 0 Å². The van der Waals surface area contributed by atoms with Gasteiger partial charge in [0.2, 0.25) is 0 Å². The van der Waals surface area contributed by atoms with Crippen molar-refractivity contribution < 1.29 is 0 Å². The van der Waals surface area contributed by atoms with Crippen molar-refractivity contribution in [2.45, 2.75) is 59.8 Å². The van der Waals surface area contributed by atoms with Crippen molar-refractivity contribution in [1.29, 1.82) is 0 Å². The molecule has 3 unspecified atom stereocenters. The van der Waals surface area contributed by atoms with Gasteiger partial charge in [-0.3, -0.25) is 0 Å². The molecule has 0 nitrogen and oxygen atoms in total. The first kappa shape index (κ1) is 12.8. The maximum Gasteiger partial charge on any atom is -0.0200 e. The predicted molar refractivity (Wildman–Crippen MR) is 68.9 cm³/mol. The van der Waals surface area contributed by atoms with Gasteiger partial charge in [0, 0.05) is 0 Å². The summed E-state index contributed by atoms with van der Waals surface area (Å²) in [6.07, 6.45) is 11.8. The molecule has 0 radical (unpaired) electrons. The highest BCUT2D eigenvalue weighted by atomic mass is 14.3. The van der Waals surface area contributed by atoms with Gasteiger partial charge in [-0.2, -0.15) is 0 Å². The smallest absolute Gasteiger partial charge is 0.0200 e. The maximum atomic E-state index is 2.52. The molecule has 0 N–H and O–H groups in total. The molecule has 0 aromatic carbocycles. The fourth-order valence-electron chi connectivity index (χ4n) is 2.93. The number of hydrogen-bond acceptors (Lipinski definition) is 0. The van der Waals surface area contributed by atoms with Crippen LogP contribution < -0.4 is 0 Å². The molecule has 0 aromatic rings. The highest BCUT2D eigenvalue weighted by Crippen LogP contribution is 2.38. The number of rotatable bonds is 4. The molecule has 0 aliphatic heterocycles. The summed E-state index contributed by atoms with van der Waals surface area (Å²) in [5, 5.41) is 0. The molecule has 3 atom stereocenters. The predicted octanol–water partition coefficient (Wildman–Crippen LogP) is 5.05. The summed E-state index contributed by atoms with van der Waals surface area (Å²) < 4.78 is 0. The summed E-state index contributed by atoms with van der Waals surface area (Å²) in [7, 11) is 0. The number of hydrogen-bond donors (Lipinski definition) is 0. The lowest BCUT2D eigenvalue weighted by atomic mass is 9.70. The Morgan fingerprint density at radius 2 is 2.00 bits per heavy atom. The Morgan fingerprint density at radius 1 is 1.27 bits per heavy atom. The Bertz CT molecular complexity index is 190. The van der Waals surface area contributed by atoms with Crippen LogP contribution in [0.3, 0.4) is 0 Å². The van der Waals surface area contributed by atoms with Crippen LogP contribution in [-0.4, -0.2) is 0 Å². The van der Waals surface area contributed by atoms with Crippen molar-refractivity contribution in [3.05, 3.63) is 12.2 Å². The molecule has 1 saturated carbocycles. The van der Waals surface area contributed by atoms with Gasteiger partial charge in [0.1, 0.15) is 0 Å². The Hall–Kier alpha value is -0.260. The largest absolute Gasteiger partial charge is 0.0883 e. The SMILES string of the molecule is CCCC=CC1CC(C)CCC1C(C)C. The molecular weight excluding hydrogens is 180 g/mol. The molecule has 0 spiro atoms. The Labute approximate surface area is 96.2 Å². The first-order chi connectivity index (χ1) is 7.15. The summed E-state index contributed by atoms with van der Waals surface area (Å²) in [4.78, 5) is 0. The molecule has 0 bridgehead atoms. The van der Waals surface area contributed by atoms with Crippen LogP contribution >= 0.6 is 0 Å². The minimum absolute atomic E-state index is 0.855. The number of unbranched alkanes of at least 4 members (excludes halogenated alkanes) is 1. The molecule has 0 amide bonds. The van der Waals surface area contributed by atoms with Gasteiger partial charge in [0.15, 0.2) is 0 Å². The molecule has 1 aliphatic carbocycles. The zero-order valence-corrected chi connectivity index (χ0v) is 11.0. The average Bonchev–Trinajstić information content (AvgIpc) is 2.18. The van der Waals surface area contributed by atoms with E-state index in [9.17, 15) is 0 Å². The molecule has 1 rings (SSSR count). The molecule has 0 heterocycles. The van der Waals surface area contributed by atoms with Crippen LogP contribution in [0.15, 0.2) is 12.2 Å². The van der Waals surface area contributed by atoms with Crippen LogP contribution in [0.1, 0.15) is 59.8 Å². The standard InChI is InChI=1S/C15H28/c1-5-6-7-8-14-11-13(4)9-10-15(14)12(2)3/h7-8,12-15H,5-6,9-11H2,1-4H3. The van der Waals surface area contributed by atoms with Gasteiger partial charge < -0.3 is 0 Å². The van der Waals surface area contributed by atoms with Gasteiger partial charge in [-0.1, -0.05) is 52.7 Å². The fraction of sp³-hybridized carbons (Fsp3) is 0.867. The van der Waals surface area contributed by atoms with Gasteiger partial charge >= 0.3 is 0 Å². The van der Waals surface area contributed by atoms with Gasteiger partial charge in [0.05, 0.1) is 0 Å². The van der Waals surface area contributed by atoms with E-state index in [1.54, 1.807) is 0 Å². The first-order valence-electron chi connectivity index (χ1n) is 6.81. The summed E-state index contributed by atoms with van der Waals surface area (Å²) >= 11 is 0. The van der Waals surface area contributed by atoms with Crippen molar-refractivity contribution in [3.8, 4) is 0 Å². The highest BCUT2D eigenvalue weighted by Gasteiger charge is 2.28. The van der Waals surface area contributed by atoms with E-state index in [-0.39, 0.29) is 0 Å². The molecule has 88 valence electrons. The average molecular weight is 208 g/mol. The fourth-order valence-corrected chi connectivity index (χ4v) is 2.93. The van der Waals surface area contributed by atoms with E-state index < -0.39 is 0 Å². The summed E-state index contributed by atoms with van der Waals surface area (Å²) in [6, 6.07) is 0. The van der Waals surface area contributed by atoms with E-state index in [0.29, 0.717) is 0 Å². The molecular formula is C15H28. The van der Waals surface area contributed by atoms with E-state index in [1.165, 1.54) is 32.1 Å². The van der Waals surface area contributed by atoms with E-state index in [2.05, 4.69) is 39.8 Å². The Balaban J connectivity index is 2.54. The van der Waals surface area contributed by atoms with E-state index in [0.717, 1.165) is 23.7 Å². The van der Waals surface area contributed by atoms with Crippen LogP contribution in [-0.2, 0) is 0 Å². The topological polar surface area (TPSA) is 0 Å². The van der Waals surface area contributed by atoms with Gasteiger partial charge in [0.25, 0.3) is 0 Å². The second-order valence-electron chi connectivity index (χ2n) is 5.71. The molecule has 0 aromatic heterocycles. The molecule has 1 aliphatic rings. The van der Waals surface area contributed by atoms with Crippen LogP contribution in [0.5, 0.6) is 0 Å². The lowest BCUT2D eigenvalue weighted by Gasteiger charge is -2.35. The second kappa shape index (κ2) is 6.35. The van der Waals surface area contributed by atoms with Crippen LogP contribution in [0.2, 0.25) is 0 Å². The number of allylic oxidation sites excluding steroid dienone is 2. The third-order valence-corrected chi connectivity index (χ3v) is 3.91.